The summed E-state index contributed by atoms with van der Waals surface area (Å²) in [6.07, 6.45) is 1.00. The van der Waals surface area contributed by atoms with Crippen molar-refractivity contribution in [2.24, 2.45) is 0 Å². The quantitative estimate of drug-likeness (QED) is 0.774. The molecule has 0 fully saturated rings. The standard InChI is InChI=1S/C9H13Cl2NS/c1-7(4-5-10)12-6-8-2-3-9(11)13-8/h2-3,7,12H,4-6H2,1H3. The van der Waals surface area contributed by atoms with Gasteiger partial charge in [0.05, 0.1) is 4.34 Å². The first kappa shape index (κ1) is 11.3. The monoisotopic (exact) mass is 237 g/mol. The predicted octanol–water partition coefficient (Wildman–Crippen LogP) is 3.51. The van der Waals surface area contributed by atoms with Crippen LogP contribution in [0.15, 0.2) is 12.1 Å². The third kappa shape index (κ3) is 4.32. The number of hydrogen-bond donors (Lipinski definition) is 1. The Morgan fingerprint density at radius 3 is 2.85 bits per heavy atom. The molecule has 0 saturated heterocycles. The zero-order valence-electron chi connectivity index (χ0n) is 7.52. The average molecular weight is 238 g/mol. The van der Waals surface area contributed by atoms with Crippen molar-refractivity contribution in [3.8, 4) is 0 Å². The van der Waals surface area contributed by atoms with E-state index >= 15 is 0 Å². The zero-order chi connectivity index (χ0) is 9.68. The largest absolute Gasteiger partial charge is 0.309 e. The second-order valence-corrected chi connectivity index (χ2v) is 5.14. The van der Waals surface area contributed by atoms with Crippen LogP contribution in [0, 0.1) is 0 Å². The molecular weight excluding hydrogens is 225 g/mol. The maximum Gasteiger partial charge on any atom is 0.0931 e. The molecule has 0 spiro atoms. The Bertz CT molecular complexity index is 250. The first-order valence-electron chi connectivity index (χ1n) is 4.26. The summed E-state index contributed by atoms with van der Waals surface area (Å²) < 4.78 is 0.849. The average Bonchev–Trinajstić information content (AvgIpc) is 2.49. The SMILES string of the molecule is CC(CCCl)NCc1ccc(Cl)s1. The minimum atomic E-state index is 0.471. The number of halogens is 2. The number of rotatable bonds is 5. The molecule has 0 bridgehead atoms. The molecule has 0 radical (unpaired) electrons. The Morgan fingerprint density at radius 2 is 2.31 bits per heavy atom. The fraction of sp³-hybridized carbons (Fsp3) is 0.556. The second-order valence-electron chi connectivity index (χ2n) is 2.97. The number of alkyl halides is 1. The van der Waals surface area contributed by atoms with Gasteiger partial charge >= 0.3 is 0 Å². The Hall–Kier alpha value is 0.240. The van der Waals surface area contributed by atoms with Crippen LogP contribution in [0.1, 0.15) is 18.2 Å². The lowest BCUT2D eigenvalue weighted by molar-refractivity contribution is 0.539. The van der Waals surface area contributed by atoms with E-state index in [0.717, 1.165) is 17.3 Å². The first-order chi connectivity index (χ1) is 6.22. The minimum absolute atomic E-state index is 0.471. The number of hydrogen-bond acceptors (Lipinski definition) is 2. The highest BCUT2D eigenvalue weighted by atomic mass is 35.5. The van der Waals surface area contributed by atoms with E-state index < -0.39 is 0 Å². The molecular formula is C9H13Cl2NS. The molecule has 1 aromatic heterocycles. The Labute approximate surface area is 93.1 Å². The third-order valence-corrected chi connectivity index (χ3v) is 3.25. The number of nitrogens with one attached hydrogen (secondary N) is 1. The van der Waals surface area contributed by atoms with Gasteiger partial charge in [-0.25, -0.2) is 0 Å². The summed E-state index contributed by atoms with van der Waals surface area (Å²) in [4.78, 5) is 1.27. The van der Waals surface area contributed by atoms with Crippen LogP contribution >= 0.6 is 34.5 Å². The molecule has 0 aliphatic carbocycles. The summed E-state index contributed by atoms with van der Waals surface area (Å²) in [6, 6.07) is 4.45. The van der Waals surface area contributed by atoms with E-state index in [9.17, 15) is 0 Å². The highest BCUT2D eigenvalue weighted by molar-refractivity contribution is 7.16. The van der Waals surface area contributed by atoms with Crippen LogP contribution in [0.2, 0.25) is 4.34 Å². The van der Waals surface area contributed by atoms with Crippen LogP contribution < -0.4 is 5.32 Å². The summed E-state index contributed by atoms with van der Waals surface area (Å²) in [5, 5.41) is 3.38. The van der Waals surface area contributed by atoms with E-state index in [4.69, 9.17) is 23.2 Å². The summed E-state index contributed by atoms with van der Waals surface area (Å²) in [7, 11) is 0. The topological polar surface area (TPSA) is 12.0 Å². The van der Waals surface area contributed by atoms with Crippen LogP contribution in [0.5, 0.6) is 0 Å². The van der Waals surface area contributed by atoms with E-state index in [2.05, 4.69) is 12.2 Å². The minimum Gasteiger partial charge on any atom is -0.309 e. The predicted molar refractivity (Wildman–Crippen MR) is 61.0 cm³/mol. The van der Waals surface area contributed by atoms with Crippen molar-refractivity contribution in [1.82, 2.24) is 5.32 Å². The van der Waals surface area contributed by atoms with Crippen LogP contribution in [0.25, 0.3) is 0 Å². The lowest BCUT2D eigenvalue weighted by Crippen LogP contribution is -2.25. The van der Waals surface area contributed by atoms with Crippen LogP contribution in [0.3, 0.4) is 0 Å². The maximum absolute atomic E-state index is 5.81. The molecule has 0 aliphatic rings. The lowest BCUT2D eigenvalue weighted by Gasteiger charge is -2.10. The van der Waals surface area contributed by atoms with Crippen LogP contribution in [0.4, 0.5) is 0 Å². The first-order valence-corrected chi connectivity index (χ1v) is 5.99. The highest BCUT2D eigenvalue weighted by Crippen LogP contribution is 2.21. The van der Waals surface area contributed by atoms with Gasteiger partial charge in [0, 0.05) is 23.3 Å². The molecule has 74 valence electrons. The molecule has 1 nitrogen and oxygen atoms in total. The molecule has 1 rings (SSSR count). The van der Waals surface area contributed by atoms with Crippen molar-refractivity contribution in [2.45, 2.75) is 25.9 Å². The normalized spacial score (nSPS) is 13.2. The van der Waals surface area contributed by atoms with Crippen molar-refractivity contribution in [1.29, 1.82) is 0 Å². The van der Waals surface area contributed by atoms with E-state index in [-0.39, 0.29) is 0 Å². The number of thiophene rings is 1. The van der Waals surface area contributed by atoms with Gasteiger partial charge < -0.3 is 5.32 Å². The molecule has 1 heterocycles. The van der Waals surface area contributed by atoms with E-state index in [1.54, 1.807) is 11.3 Å². The van der Waals surface area contributed by atoms with Gasteiger partial charge in [-0.1, -0.05) is 11.6 Å². The molecule has 0 aliphatic heterocycles. The van der Waals surface area contributed by atoms with Gasteiger partial charge in [0.1, 0.15) is 0 Å². The van der Waals surface area contributed by atoms with Gasteiger partial charge in [0.25, 0.3) is 0 Å². The molecule has 1 unspecified atom stereocenters. The highest BCUT2D eigenvalue weighted by Gasteiger charge is 2.01. The van der Waals surface area contributed by atoms with Crippen molar-refractivity contribution >= 4 is 34.5 Å². The molecule has 1 aromatic rings. The zero-order valence-corrected chi connectivity index (χ0v) is 9.85. The van der Waals surface area contributed by atoms with Gasteiger partial charge in [0.15, 0.2) is 0 Å². The second kappa shape index (κ2) is 5.86. The van der Waals surface area contributed by atoms with Crippen LogP contribution in [-0.2, 0) is 6.54 Å². The molecule has 1 N–H and O–H groups in total. The molecule has 1 atom stereocenters. The van der Waals surface area contributed by atoms with Gasteiger partial charge in [-0.15, -0.1) is 22.9 Å². The summed E-state index contributed by atoms with van der Waals surface area (Å²) in [5.74, 6) is 0.708. The summed E-state index contributed by atoms with van der Waals surface area (Å²) >= 11 is 13.0. The van der Waals surface area contributed by atoms with E-state index in [1.807, 2.05) is 12.1 Å². The van der Waals surface area contributed by atoms with E-state index in [1.165, 1.54) is 4.88 Å². The lowest BCUT2D eigenvalue weighted by atomic mass is 10.2. The molecule has 4 heteroatoms. The van der Waals surface area contributed by atoms with Gasteiger partial charge in [-0.2, -0.15) is 0 Å². The molecule has 0 amide bonds. The molecule has 0 saturated carbocycles. The third-order valence-electron chi connectivity index (χ3n) is 1.80. The maximum atomic E-state index is 5.81. The Kier molecular flexibility index (Phi) is 5.10. The Balaban J connectivity index is 2.26. The summed E-state index contributed by atoms with van der Waals surface area (Å²) in [6.45, 7) is 3.02. The summed E-state index contributed by atoms with van der Waals surface area (Å²) in [5.41, 5.74) is 0. The van der Waals surface area contributed by atoms with Gasteiger partial charge in [0.2, 0.25) is 0 Å². The fourth-order valence-corrected chi connectivity index (χ4v) is 2.35. The van der Waals surface area contributed by atoms with Gasteiger partial charge in [-0.3, -0.25) is 0 Å². The van der Waals surface area contributed by atoms with Crippen molar-refractivity contribution in [3.05, 3.63) is 21.3 Å². The van der Waals surface area contributed by atoms with Crippen molar-refractivity contribution in [3.63, 3.8) is 0 Å². The Morgan fingerprint density at radius 1 is 1.54 bits per heavy atom. The van der Waals surface area contributed by atoms with Crippen LogP contribution in [-0.4, -0.2) is 11.9 Å². The molecule has 13 heavy (non-hydrogen) atoms. The fourth-order valence-electron chi connectivity index (χ4n) is 0.987. The van der Waals surface area contributed by atoms with E-state index in [0.29, 0.717) is 11.9 Å². The van der Waals surface area contributed by atoms with Crippen molar-refractivity contribution < 1.29 is 0 Å². The van der Waals surface area contributed by atoms with Gasteiger partial charge in [-0.05, 0) is 25.5 Å². The van der Waals surface area contributed by atoms with Crippen molar-refractivity contribution in [2.75, 3.05) is 5.88 Å². The smallest absolute Gasteiger partial charge is 0.0931 e. The molecule has 0 aromatic carbocycles.